The van der Waals surface area contributed by atoms with Crippen LogP contribution in [0.4, 0.5) is 10.5 Å². The van der Waals surface area contributed by atoms with Gasteiger partial charge in [0.2, 0.25) is 0 Å². The van der Waals surface area contributed by atoms with E-state index in [2.05, 4.69) is 5.32 Å². The SMILES string of the molecule is CC(C)COc1c(Cl)cc(Cl)cc1/C=C1\C(=O)NC(=O)N(c2ccccc2Cl)C1=O. The monoisotopic (exact) mass is 466 g/mol. The largest absolute Gasteiger partial charge is 0.491 e. The van der Waals surface area contributed by atoms with E-state index >= 15 is 0 Å². The molecule has 0 radical (unpaired) electrons. The number of imide groups is 2. The van der Waals surface area contributed by atoms with Crippen LogP contribution in [0.5, 0.6) is 5.75 Å². The van der Waals surface area contributed by atoms with Gasteiger partial charge in [-0.3, -0.25) is 14.9 Å². The maximum Gasteiger partial charge on any atom is 0.335 e. The van der Waals surface area contributed by atoms with Crippen molar-refractivity contribution in [2.75, 3.05) is 11.5 Å². The number of anilines is 1. The lowest BCUT2D eigenvalue weighted by molar-refractivity contribution is -0.122. The molecule has 1 saturated heterocycles. The number of benzene rings is 2. The van der Waals surface area contributed by atoms with Gasteiger partial charge in [0.25, 0.3) is 11.8 Å². The molecule has 3 rings (SSSR count). The summed E-state index contributed by atoms with van der Waals surface area (Å²) in [5, 5.41) is 2.86. The van der Waals surface area contributed by atoms with Crippen molar-refractivity contribution < 1.29 is 19.1 Å². The minimum absolute atomic E-state index is 0.153. The summed E-state index contributed by atoms with van der Waals surface area (Å²) in [6, 6.07) is 8.45. The second kappa shape index (κ2) is 9.08. The molecule has 0 saturated carbocycles. The Balaban J connectivity index is 2.08. The van der Waals surface area contributed by atoms with Gasteiger partial charge in [-0.2, -0.15) is 0 Å². The number of barbiturate groups is 1. The molecule has 4 amide bonds. The Morgan fingerprint density at radius 3 is 2.43 bits per heavy atom. The Bertz CT molecular complexity index is 1070. The Kier molecular flexibility index (Phi) is 6.71. The van der Waals surface area contributed by atoms with Crippen molar-refractivity contribution in [1.29, 1.82) is 0 Å². The van der Waals surface area contributed by atoms with Gasteiger partial charge in [-0.15, -0.1) is 0 Å². The molecule has 0 aromatic heterocycles. The third-order valence-corrected chi connectivity index (χ3v) is 4.91. The molecule has 0 atom stereocenters. The van der Waals surface area contributed by atoms with Crippen LogP contribution in [0.3, 0.4) is 0 Å². The zero-order valence-electron chi connectivity index (χ0n) is 16.0. The van der Waals surface area contributed by atoms with E-state index in [4.69, 9.17) is 39.5 Å². The van der Waals surface area contributed by atoms with Gasteiger partial charge in [-0.05, 0) is 36.3 Å². The maximum absolute atomic E-state index is 13.1. The number of carbonyl (C=O) groups is 3. The number of nitrogens with one attached hydrogen (secondary N) is 1. The molecule has 1 aliphatic rings. The van der Waals surface area contributed by atoms with Gasteiger partial charge in [0, 0.05) is 10.6 Å². The number of ether oxygens (including phenoxy) is 1. The molecular weight excluding hydrogens is 451 g/mol. The van der Waals surface area contributed by atoms with Gasteiger partial charge in [-0.1, -0.05) is 60.8 Å². The number of carbonyl (C=O) groups excluding carboxylic acids is 3. The van der Waals surface area contributed by atoms with Crippen LogP contribution in [0, 0.1) is 5.92 Å². The summed E-state index contributed by atoms with van der Waals surface area (Å²) in [5.41, 5.74) is 0.197. The highest BCUT2D eigenvalue weighted by molar-refractivity contribution is 6.42. The third kappa shape index (κ3) is 4.61. The third-order valence-electron chi connectivity index (χ3n) is 4.09. The number of amides is 4. The molecule has 0 spiro atoms. The van der Waals surface area contributed by atoms with Crippen LogP contribution >= 0.6 is 34.8 Å². The summed E-state index contributed by atoms with van der Waals surface area (Å²) in [7, 11) is 0. The van der Waals surface area contributed by atoms with Crippen LogP contribution in [0.1, 0.15) is 19.4 Å². The molecular formula is C21H17Cl3N2O4. The number of nitrogens with zero attached hydrogens (tertiary/aromatic N) is 1. The first-order valence-corrected chi connectivity index (χ1v) is 10.1. The molecule has 2 aromatic rings. The quantitative estimate of drug-likeness (QED) is 0.475. The van der Waals surface area contributed by atoms with Crippen molar-refractivity contribution in [3.8, 4) is 5.75 Å². The standard InChI is InChI=1S/C21H17Cl3N2O4/c1-11(2)10-30-18-12(7-13(22)9-16(18)24)8-14-19(27)25-21(29)26(20(14)28)17-6-4-3-5-15(17)23/h3-9,11H,10H2,1-2H3,(H,25,27,29)/b14-8+. The van der Waals surface area contributed by atoms with Gasteiger partial charge in [0.1, 0.15) is 11.3 Å². The molecule has 1 heterocycles. The number of halogens is 3. The number of rotatable bonds is 5. The van der Waals surface area contributed by atoms with E-state index in [0.717, 1.165) is 4.90 Å². The van der Waals surface area contributed by atoms with Crippen LogP contribution in [-0.4, -0.2) is 24.5 Å². The Labute approximate surface area is 188 Å². The molecule has 9 heteroatoms. The molecule has 0 unspecified atom stereocenters. The highest BCUT2D eigenvalue weighted by Gasteiger charge is 2.37. The first-order chi connectivity index (χ1) is 14.2. The lowest BCUT2D eigenvalue weighted by Gasteiger charge is -2.27. The van der Waals surface area contributed by atoms with Crippen LogP contribution in [0.25, 0.3) is 6.08 Å². The van der Waals surface area contributed by atoms with Gasteiger partial charge in [0.15, 0.2) is 0 Å². The van der Waals surface area contributed by atoms with Gasteiger partial charge in [0.05, 0.1) is 22.3 Å². The summed E-state index contributed by atoms with van der Waals surface area (Å²) < 4.78 is 5.77. The van der Waals surface area contributed by atoms with E-state index in [-0.39, 0.29) is 33.0 Å². The molecule has 1 N–H and O–H groups in total. The Hall–Kier alpha value is -2.54. The number of hydrogen-bond acceptors (Lipinski definition) is 4. The van der Waals surface area contributed by atoms with E-state index in [1.54, 1.807) is 12.1 Å². The van der Waals surface area contributed by atoms with E-state index in [0.29, 0.717) is 17.2 Å². The molecule has 1 fully saturated rings. The zero-order chi connectivity index (χ0) is 22.0. The molecule has 156 valence electrons. The predicted molar refractivity (Wildman–Crippen MR) is 117 cm³/mol. The molecule has 6 nitrogen and oxygen atoms in total. The van der Waals surface area contributed by atoms with E-state index < -0.39 is 17.8 Å². The average Bonchev–Trinajstić information content (AvgIpc) is 2.65. The fourth-order valence-electron chi connectivity index (χ4n) is 2.75. The Morgan fingerprint density at radius 1 is 1.07 bits per heavy atom. The van der Waals surface area contributed by atoms with E-state index in [1.165, 1.54) is 30.3 Å². The fraction of sp³-hybridized carbons (Fsp3) is 0.190. The topological polar surface area (TPSA) is 75.7 Å². The number of hydrogen-bond donors (Lipinski definition) is 1. The van der Waals surface area contributed by atoms with Crippen LogP contribution in [0.15, 0.2) is 42.0 Å². The predicted octanol–water partition coefficient (Wildman–Crippen LogP) is 5.35. The van der Waals surface area contributed by atoms with E-state index in [1.807, 2.05) is 13.8 Å². The van der Waals surface area contributed by atoms with Crippen molar-refractivity contribution in [1.82, 2.24) is 5.32 Å². The lowest BCUT2D eigenvalue weighted by Crippen LogP contribution is -2.54. The van der Waals surface area contributed by atoms with Gasteiger partial charge >= 0.3 is 6.03 Å². The van der Waals surface area contributed by atoms with Crippen molar-refractivity contribution in [3.63, 3.8) is 0 Å². The number of urea groups is 1. The van der Waals surface area contributed by atoms with Crippen molar-refractivity contribution in [2.24, 2.45) is 5.92 Å². The Morgan fingerprint density at radius 2 is 1.77 bits per heavy atom. The molecule has 0 bridgehead atoms. The minimum Gasteiger partial charge on any atom is -0.491 e. The van der Waals surface area contributed by atoms with Crippen molar-refractivity contribution in [2.45, 2.75) is 13.8 Å². The first kappa shape index (κ1) is 22.2. The highest BCUT2D eigenvalue weighted by atomic mass is 35.5. The summed E-state index contributed by atoms with van der Waals surface area (Å²) in [5.74, 6) is -1.18. The molecule has 1 aliphatic heterocycles. The first-order valence-electron chi connectivity index (χ1n) is 8.97. The van der Waals surface area contributed by atoms with Crippen molar-refractivity contribution in [3.05, 3.63) is 62.6 Å². The molecule has 0 aliphatic carbocycles. The maximum atomic E-state index is 13.1. The van der Waals surface area contributed by atoms with E-state index in [9.17, 15) is 14.4 Å². The van der Waals surface area contributed by atoms with Crippen LogP contribution < -0.4 is 15.0 Å². The zero-order valence-corrected chi connectivity index (χ0v) is 18.3. The molecule has 30 heavy (non-hydrogen) atoms. The average molecular weight is 468 g/mol. The second-order valence-electron chi connectivity index (χ2n) is 6.92. The second-order valence-corrected chi connectivity index (χ2v) is 8.17. The number of para-hydroxylation sites is 1. The van der Waals surface area contributed by atoms with Gasteiger partial charge < -0.3 is 4.74 Å². The minimum atomic E-state index is -0.893. The summed E-state index contributed by atoms with van der Waals surface area (Å²) in [6.07, 6.45) is 1.29. The fourth-order valence-corrected chi connectivity index (χ4v) is 3.54. The van der Waals surface area contributed by atoms with Crippen LogP contribution in [-0.2, 0) is 9.59 Å². The highest BCUT2D eigenvalue weighted by Crippen LogP contribution is 2.35. The summed E-state index contributed by atoms with van der Waals surface area (Å²) in [6.45, 7) is 4.29. The van der Waals surface area contributed by atoms with Gasteiger partial charge in [-0.25, -0.2) is 9.69 Å². The summed E-state index contributed by atoms with van der Waals surface area (Å²) >= 11 is 18.5. The van der Waals surface area contributed by atoms with Crippen LogP contribution in [0.2, 0.25) is 15.1 Å². The smallest absolute Gasteiger partial charge is 0.335 e. The summed E-state index contributed by atoms with van der Waals surface area (Å²) in [4.78, 5) is 38.6. The molecule has 2 aromatic carbocycles. The van der Waals surface area contributed by atoms with Crippen molar-refractivity contribution >= 4 is 64.4 Å². The normalized spacial score (nSPS) is 15.7. The lowest BCUT2D eigenvalue weighted by atomic mass is 10.1.